The zero-order valence-electron chi connectivity index (χ0n) is 8.91. The van der Waals surface area contributed by atoms with Crippen LogP contribution in [0.2, 0.25) is 5.02 Å². The molecule has 3 N–H and O–H groups in total. The van der Waals surface area contributed by atoms with E-state index in [1.165, 1.54) is 12.1 Å². The van der Waals surface area contributed by atoms with E-state index in [4.69, 9.17) is 21.9 Å². The van der Waals surface area contributed by atoms with Crippen molar-refractivity contribution < 1.29 is 25.6 Å². The van der Waals surface area contributed by atoms with E-state index in [1.807, 2.05) is 0 Å². The first-order chi connectivity index (χ1) is 8.12. The minimum absolute atomic E-state index is 0.0314. The number of halogens is 1. The molecule has 18 heavy (non-hydrogen) atoms. The fourth-order valence-electron chi connectivity index (χ4n) is 1.12. The largest absolute Gasteiger partial charge is 0.399 e. The molecule has 0 saturated heterocycles. The molecule has 0 aromatic heterocycles. The summed E-state index contributed by atoms with van der Waals surface area (Å²) in [4.78, 5) is -0.219. The number of benzene rings is 1. The molecular weight excluding hydrogens is 306 g/mol. The van der Waals surface area contributed by atoms with Crippen LogP contribution in [0.25, 0.3) is 0 Å². The molecule has 0 fully saturated rings. The van der Waals surface area contributed by atoms with E-state index in [9.17, 15) is 16.8 Å². The van der Waals surface area contributed by atoms with Crippen LogP contribution in [-0.2, 0) is 24.4 Å². The molecule has 102 valence electrons. The van der Waals surface area contributed by atoms with Gasteiger partial charge in [0, 0.05) is 5.69 Å². The summed E-state index contributed by atoms with van der Waals surface area (Å²) < 4.78 is 56.3. The number of sulfone groups is 1. The summed E-state index contributed by atoms with van der Waals surface area (Å²) in [5, 5.41) is -0.0314. The van der Waals surface area contributed by atoms with Gasteiger partial charge in [-0.2, -0.15) is 8.42 Å². The third kappa shape index (κ3) is 4.42. The zero-order chi connectivity index (χ0) is 14.0. The quantitative estimate of drug-likeness (QED) is 0.599. The Labute approximate surface area is 109 Å². The lowest BCUT2D eigenvalue weighted by Gasteiger charge is -2.07. The summed E-state index contributed by atoms with van der Waals surface area (Å²) in [5.41, 5.74) is 5.63. The average Bonchev–Trinajstić information content (AvgIpc) is 2.19. The number of nitrogens with two attached hydrogens (primary N) is 1. The molecule has 1 rings (SSSR count). The highest BCUT2D eigenvalue weighted by Crippen LogP contribution is 2.24. The van der Waals surface area contributed by atoms with Crippen molar-refractivity contribution in [2.75, 3.05) is 18.1 Å². The molecule has 0 spiro atoms. The summed E-state index contributed by atoms with van der Waals surface area (Å²) in [6, 6.07) is 3.90. The van der Waals surface area contributed by atoms with E-state index < -0.39 is 32.6 Å². The minimum Gasteiger partial charge on any atom is -0.399 e. The second-order valence-corrected chi connectivity index (χ2v) is 6.83. The number of anilines is 1. The Bertz CT molecular complexity index is 640. The van der Waals surface area contributed by atoms with Crippen LogP contribution in [0.4, 0.5) is 5.69 Å². The Balaban J connectivity index is 2.90. The van der Waals surface area contributed by atoms with Crippen molar-refractivity contribution in [3.63, 3.8) is 0 Å². The molecule has 7 nitrogen and oxygen atoms in total. The summed E-state index contributed by atoms with van der Waals surface area (Å²) in [7, 11) is -8.52. The van der Waals surface area contributed by atoms with Crippen molar-refractivity contribution >= 4 is 37.5 Å². The monoisotopic (exact) mass is 315 g/mol. The van der Waals surface area contributed by atoms with Gasteiger partial charge in [0.1, 0.15) is 0 Å². The van der Waals surface area contributed by atoms with Crippen LogP contribution in [0.15, 0.2) is 23.1 Å². The topological polar surface area (TPSA) is 124 Å². The second kappa shape index (κ2) is 5.41. The fraction of sp³-hybridized carbons (Fsp3) is 0.250. The van der Waals surface area contributed by atoms with Crippen molar-refractivity contribution in [3.05, 3.63) is 23.2 Å². The SMILES string of the molecule is Nc1ccc(Cl)c(S(=O)(=O)CCOS(=O)(=O)O)c1. The highest BCUT2D eigenvalue weighted by atomic mass is 35.5. The molecule has 0 unspecified atom stereocenters. The maximum Gasteiger partial charge on any atom is 0.397 e. The van der Waals surface area contributed by atoms with Gasteiger partial charge < -0.3 is 5.73 Å². The Morgan fingerprint density at radius 1 is 1.28 bits per heavy atom. The van der Waals surface area contributed by atoms with Gasteiger partial charge in [0.2, 0.25) is 0 Å². The van der Waals surface area contributed by atoms with Crippen molar-refractivity contribution in [3.8, 4) is 0 Å². The van der Waals surface area contributed by atoms with Gasteiger partial charge in [0.05, 0.1) is 22.3 Å². The van der Waals surface area contributed by atoms with Crippen LogP contribution in [0, 0.1) is 0 Å². The molecule has 0 heterocycles. The van der Waals surface area contributed by atoms with Gasteiger partial charge in [0.25, 0.3) is 0 Å². The van der Waals surface area contributed by atoms with E-state index in [-0.39, 0.29) is 15.6 Å². The van der Waals surface area contributed by atoms with Crippen LogP contribution in [0.5, 0.6) is 0 Å². The van der Waals surface area contributed by atoms with Crippen LogP contribution < -0.4 is 5.73 Å². The minimum atomic E-state index is -4.67. The molecule has 0 saturated carbocycles. The van der Waals surface area contributed by atoms with Gasteiger partial charge in [-0.3, -0.25) is 4.55 Å². The lowest BCUT2D eigenvalue weighted by molar-refractivity contribution is 0.284. The summed E-state index contributed by atoms with van der Waals surface area (Å²) in [6.07, 6.45) is 0. The van der Waals surface area contributed by atoms with Gasteiger partial charge in [-0.1, -0.05) is 11.6 Å². The van der Waals surface area contributed by atoms with Crippen molar-refractivity contribution in [1.82, 2.24) is 0 Å². The summed E-state index contributed by atoms with van der Waals surface area (Å²) in [5.74, 6) is -0.657. The number of nitrogen functional groups attached to an aromatic ring is 1. The van der Waals surface area contributed by atoms with E-state index in [0.29, 0.717) is 0 Å². The number of hydrogen-bond acceptors (Lipinski definition) is 6. The van der Waals surface area contributed by atoms with Gasteiger partial charge in [-0.05, 0) is 18.2 Å². The third-order valence-corrected chi connectivity index (χ3v) is 4.49. The highest BCUT2D eigenvalue weighted by Gasteiger charge is 2.19. The van der Waals surface area contributed by atoms with E-state index >= 15 is 0 Å². The molecule has 0 aliphatic carbocycles. The highest BCUT2D eigenvalue weighted by molar-refractivity contribution is 7.91. The van der Waals surface area contributed by atoms with E-state index in [0.717, 1.165) is 6.07 Å². The standard InChI is InChI=1S/C8H10ClNO6S2/c9-7-2-1-6(10)5-8(7)17(11,12)4-3-16-18(13,14)15/h1-2,5H,3-4,10H2,(H,13,14,15). The Morgan fingerprint density at radius 3 is 2.44 bits per heavy atom. The first kappa shape index (κ1) is 15.2. The van der Waals surface area contributed by atoms with Gasteiger partial charge >= 0.3 is 10.4 Å². The smallest absolute Gasteiger partial charge is 0.397 e. The van der Waals surface area contributed by atoms with Crippen LogP contribution >= 0.6 is 11.6 Å². The molecule has 0 radical (unpaired) electrons. The molecule has 0 atom stereocenters. The van der Waals surface area contributed by atoms with E-state index in [2.05, 4.69) is 4.18 Å². The fourth-order valence-corrected chi connectivity index (χ4v) is 3.19. The molecule has 1 aromatic rings. The predicted octanol–water partition coefficient (Wildman–Crippen LogP) is 0.515. The van der Waals surface area contributed by atoms with Crippen molar-refractivity contribution in [1.29, 1.82) is 0 Å². The molecule has 0 bridgehead atoms. The maximum atomic E-state index is 11.8. The zero-order valence-corrected chi connectivity index (χ0v) is 11.3. The third-order valence-electron chi connectivity index (χ3n) is 1.87. The maximum absolute atomic E-state index is 11.8. The van der Waals surface area contributed by atoms with Crippen LogP contribution in [-0.4, -0.2) is 33.7 Å². The lowest BCUT2D eigenvalue weighted by atomic mass is 10.3. The number of hydrogen-bond donors (Lipinski definition) is 2. The molecule has 0 aliphatic heterocycles. The van der Waals surface area contributed by atoms with Crippen molar-refractivity contribution in [2.24, 2.45) is 0 Å². The molecule has 0 amide bonds. The van der Waals surface area contributed by atoms with Crippen LogP contribution in [0.3, 0.4) is 0 Å². The van der Waals surface area contributed by atoms with Crippen molar-refractivity contribution in [2.45, 2.75) is 4.90 Å². The first-order valence-corrected chi connectivity index (χ1v) is 7.91. The Kier molecular flexibility index (Phi) is 4.56. The van der Waals surface area contributed by atoms with Gasteiger partial charge in [0.15, 0.2) is 9.84 Å². The molecule has 0 aliphatic rings. The first-order valence-electron chi connectivity index (χ1n) is 4.51. The molecular formula is C8H10ClNO6S2. The second-order valence-electron chi connectivity index (χ2n) is 3.26. The predicted molar refractivity (Wildman–Crippen MR) is 65.4 cm³/mol. The summed E-state index contributed by atoms with van der Waals surface area (Å²) in [6.45, 7) is -0.716. The van der Waals surface area contributed by atoms with Crippen LogP contribution in [0.1, 0.15) is 0 Å². The molecule has 10 heteroatoms. The average molecular weight is 316 g/mol. The van der Waals surface area contributed by atoms with E-state index in [1.54, 1.807) is 0 Å². The Hall–Kier alpha value is -0.870. The lowest BCUT2D eigenvalue weighted by Crippen LogP contribution is -2.16. The normalized spacial score (nSPS) is 12.6. The van der Waals surface area contributed by atoms with Gasteiger partial charge in [-0.15, -0.1) is 0 Å². The summed E-state index contributed by atoms with van der Waals surface area (Å²) >= 11 is 5.71. The Morgan fingerprint density at radius 2 is 1.89 bits per heavy atom. The number of rotatable bonds is 5. The molecule has 1 aromatic carbocycles. The van der Waals surface area contributed by atoms with Gasteiger partial charge in [-0.25, -0.2) is 12.6 Å².